The Morgan fingerprint density at radius 2 is 2.10 bits per heavy atom. The van der Waals surface area contributed by atoms with Crippen molar-refractivity contribution in [3.8, 4) is 11.5 Å². The minimum atomic E-state index is -0.476. The average Bonchev–Trinajstić information content (AvgIpc) is 3.36. The van der Waals surface area contributed by atoms with Gasteiger partial charge in [-0.15, -0.1) is 10.2 Å². The Morgan fingerprint density at radius 1 is 1.24 bits per heavy atom. The number of carbonyl (C=O) groups excluding carboxylic acids is 1. The number of H-pyrrole nitrogens is 1. The van der Waals surface area contributed by atoms with Crippen molar-refractivity contribution in [2.75, 3.05) is 19.0 Å². The zero-order chi connectivity index (χ0) is 20.2. The Bertz CT molecular complexity index is 1090. The number of aryl methyl sites for hydroxylation is 2. The van der Waals surface area contributed by atoms with Gasteiger partial charge in [0.2, 0.25) is 5.13 Å². The molecule has 1 amide bonds. The van der Waals surface area contributed by atoms with Gasteiger partial charge >= 0.3 is 0 Å². The van der Waals surface area contributed by atoms with E-state index in [0.29, 0.717) is 23.9 Å². The first-order valence-electron chi connectivity index (χ1n) is 9.28. The van der Waals surface area contributed by atoms with Crippen LogP contribution in [0.3, 0.4) is 0 Å². The number of carbonyl (C=O) groups is 1. The molecule has 9 heteroatoms. The molecule has 150 valence electrons. The third-order valence-corrected chi connectivity index (χ3v) is 5.54. The van der Waals surface area contributed by atoms with Crippen LogP contribution in [-0.2, 0) is 19.3 Å². The fourth-order valence-corrected chi connectivity index (χ4v) is 3.91. The number of nitrogens with one attached hydrogen (secondary N) is 2. The third-order valence-electron chi connectivity index (χ3n) is 4.65. The van der Waals surface area contributed by atoms with Crippen LogP contribution in [0, 0.1) is 0 Å². The van der Waals surface area contributed by atoms with Gasteiger partial charge in [0.1, 0.15) is 22.1 Å². The number of ether oxygens (including phenoxy) is 2. The molecule has 0 atom stereocenters. The van der Waals surface area contributed by atoms with E-state index in [9.17, 15) is 9.59 Å². The van der Waals surface area contributed by atoms with E-state index in [1.54, 1.807) is 19.2 Å². The highest BCUT2D eigenvalue weighted by molar-refractivity contribution is 7.15. The lowest BCUT2D eigenvalue weighted by molar-refractivity contribution is 0.102. The topological polar surface area (TPSA) is 106 Å². The second-order valence-corrected chi connectivity index (χ2v) is 7.66. The van der Waals surface area contributed by atoms with Crippen LogP contribution in [0.1, 0.15) is 33.0 Å². The first-order valence-corrected chi connectivity index (χ1v) is 10.1. The predicted molar refractivity (Wildman–Crippen MR) is 109 cm³/mol. The van der Waals surface area contributed by atoms with Crippen molar-refractivity contribution < 1.29 is 14.3 Å². The number of nitrogens with zero attached hydrogens (tertiary/aromatic N) is 2. The number of benzene rings is 1. The van der Waals surface area contributed by atoms with Gasteiger partial charge in [-0.2, -0.15) is 0 Å². The maximum absolute atomic E-state index is 12.5. The highest BCUT2D eigenvalue weighted by Gasteiger charge is 2.19. The number of amides is 1. The van der Waals surface area contributed by atoms with Crippen molar-refractivity contribution in [3.63, 3.8) is 0 Å². The summed E-state index contributed by atoms with van der Waals surface area (Å²) in [5.41, 5.74) is 1.69. The van der Waals surface area contributed by atoms with Gasteiger partial charge in [-0.05, 0) is 43.0 Å². The van der Waals surface area contributed by atoms with E-state index < -0.39 is 5.91 Å². The molecule has 4 rings (SSSR count). The molecule has 1 aromatic carbocycles. The fourth-order valence-electron chi connectivity index (χ4n) is 3.20. The molecule has 0 aliphatic heterocycles. The van der Waals surface area contributed by atoms with Crippen LogP contribution >= 0.6 is 11.3 Å². The van der Waals surface area contributed by atoms with Gasteiger partial charge in [-0.3, -0.25) is 14.9 Å². The second kappa shape index (κ2) is 8.44. The summed E-state index contributed by atoms with van der Waals surface area (Å²) in [7, 11) is 1.60. The van der Waals surface area contributed by atoms with Gasteiger partial charge in [-0.25, -0.2) is 0 Å². The Labute approximate surface area is 170 Å². The second-order valence-electron chi connectivity index (χ2n) is 6.60. The van der Waals surface area contributed by atoms with E-state index in [2.05, 4.69) is 20.5 Å². The molecule has 2 heterocycles. The van der Waals surface area contributed by atoms with Gasteiger partial charge in [0.15, 0.2) is 0 Å². The molecule has 2 N–H and O–H groups in total. The van der Waals surface area contributed by atoms with E-state index in [1.807, 2.05) is 18.2 Å². The molecule has 29 heavy (non-hydrogen) atoms. The van der Waals surface area contributed by atoms with Crippen LogP contribution in [-0.4, -0.2) is 34.8 Å². The van der Waals surface area contributed by atoms with Crippen LogP contribution in [0.4, 0.5) is 5.13 Å². The number of rotatable bonds is 7. The molecule has 1 aliphatic carbocycles. The summed E-state index contributed by atoms with van der Waals surface area (Å²) >= 11 is 1.26. The maximum atomic E-state index is 12.5. The minimum Gasteiger partial charge on any atom is -0.497 e. The summed E-state index contributed by atoms with van der Waals surface area (Å²) in [5.74, 6) is 0.958. The molecule has 0 spiro atoms. The van der Waals surface area contributed by atoms with Crippen LogP contribution in [0.15, 0.2) is 35.1 Å². The van der Waals surface area contributed by atoms with Gasteiger partial charge < -0.3 is 14.5 Å². The number of anilines is 1. The van der Waals surface area contributed by atoms with Crippen LogP contribution in [0.5, 0.6) is 11.5 Å². The number of hydrogen-bond acceptors (Lipinski definition) is 7. The minimum absolute atomic E-state index is 0.101. The van der Waals surface area contributed by atoms with Crippen molar-refractivity contribution in [1.82, 2.24) is 15.2 Å². The zero-order valence-electron chi connectivity index (χ0n) is 15.9. The van der Waals surface area contributed by atoms with Gasteiger partial charge in [-0.1, -0.05) is 17.4 Å². The van der Waals surface area contributed by atoms with Crippen LogP contribution < -0.4 is 20.3 Å². The highest BCUT2D eigenvalue weighted by Crippen LogP contribution is 2.21. The normalized spacial score (nSPS) is 12.4. The summed E-state index contributed by atoms with van der Waals surface area (Å²) in [6.07, 6.45) is 3.27. The largest absolute Gasteiger partial charge is 0.497 e. The Morgan fingerprint density at radius 3 is 2.97 bits per heavy atom. The standard InChI is InChI=1S/C20H20N4O4S/c1-27-13-5-3-6-14(11-13)28-9-8-17-23-24-20(29-17)22-19(26)15-10-12-4-2-7-16(12)21-18(15)25/h3,5-6,10-11H,2,4,7-9H2,1H3,(H,21,25)(H,22,24,26). The average molecular weight is 412 g/mol. The monoisotopic (exact) mass is 412 g/mol. The molecule has 0 unspecified atom stereocenters. The van der Waals surface area contributed by atoms with E-state index in [4.69, 9.17) is 9.47 Å². The van der Waals surface area contributed by atoms with Crippen LogP contribution in [0.2, 0.25) is 0 Å². The number of hydrogen-bond donors (Lipinski definition) is 2. The highest BCUT2D eigenvalue weighted by atomic mass is 32.1. The maximum Gasteiger partial charge on any atom is 0.263 e. The number of methoxy groups -OCH3 is 1. The van der Waals surface area contributed by atoms with Crippen molar-refractivity contribution in [2.24, 2.45) is 0 Å². The molecule has 2 aromatic heterocycles. The number of aromatic amines is 1. The molecule has 8 nitrogen and oxygen atoms in total. The Balaban J connectivity index is 1.34. The molecule has 3 aromatic rings. The summed E-state index contributed by atoms with van der Waals surface area (Å²) in [4.78, 5) is 27.4. The fraction of sp³-hybridized carbons (Fsp3) is 0.300. The van der Waals surface area contributed by atoms with Crippen molar-refractivity contribution >= 4 is 22.4 Å². The predicted octanol–water partition coefficient (Wildman–Crippen LogP) is 2.60. The summed E-state index contributed by atoms with van der Waals surface area (Å²) in [5, 5.41) is 11.8. The summed E-state index contributed by atoms with van der Waals surface area (Å²) in [6, 6.07) is 9.04. The van der Waals surface area contributed by atoms with Gasteiger partial charge in [0, 0.05) is 18.2 Å². The van der Waals surface area contributed by atoms with E-state index >= 15 is 0 Å². The van der Waals surface area contributed by atoms with Gasteiger partial charge in [0.25, 0.3) is 11.5 Å². The molecular weight excluding hydrogens is 392 g/mol. The number of fused-ring (bicyclic) bond motifs is 1. The molecule has 0 saturated carbocycles. The summed E-state index contributed by atoms with van der Waals surface area (Å²) < 4.78 is 10.9. The third kappa shape index (κ3) is 4.45. The molecule has 1 aliphatic rings. The van der Waals surface area contributed by atoms with E-state index in [-0.39, 0.29) is 11.1 Å². The molecule has 0 bridgehead atoms. The van der Waals surface area contributed by atoms with Gasteiger partial charge in [0.05, 0.1) is 13.7 Å². The summed E-state index contributed by atoms with van der Waals surface area (Å²) in [6.45, 7) is 0.417. The number of pyridine rings is 1. The van der Waals surface area contributed by atoms with Crippen molar-refractivity contribution in [1.29, 1.82) is 0 Å². The molecule has 0 saturated heterocycles. The zero-order valence-corrected chi connectivity index (χ0v) is 16.7. The van der Waals surface area contributed by atoms with Crippen molar-refractivity contribution in [3.05, 3.63) is 62.5 Å². The lowest BCUT2D eigenvalue weighted by atomic mass is 10.1. The molecule has 0 fully saturated rings. The number of aromatic nitrogens is 3. The first-order chi connectivity index (χ1) is 14.1. The van der Waals surface area contributed by atoms with Crippen molar-refractivity contribution in [2.45, 2.75) is 25.7 Å². The first kappa shape index (κ1) is 19.1. The Kier molecular flexibility index (Phi) is 5.57. The molecular formula is C20H20N4O4S. The van der Waals surface area contributed by atoms with E-state index in [1.165, 1.54) is 11.3 Å². The lowest BCUT2D eigenvalue weighted by Gasteiger charge is -2.06. The quantitative estimate of drug-likeness (QED) is 0.618. The smallest absolute Gasteiger partial charge is 0.263 e. The lowest BCUT2D eigenvalue weighted by Crippen LogP contribution is -2.24. The molecule has 0 radical (unpaired) electrons. The Hall–Kier alpha value is -3.20. The van der Waals surface area contributed by atoms with Crippen LogP contribution in [0.25, 0.3) is 0 Å². The SMILES string of the molecule is COc1cccc(OCCc2nnc(NC(=O)c3cc4c([nH]c3=O)CCC4)s2)c1. The van der Waals surface area contributed by atoms with E-state index in [0.717, 1.165) is 41.3 Å².